The van der Waals surface area contributed by atoms with E-state index in [-0.39, 0.29) is 23.7 Å². The molecule has 0 aromatic heterocycles. The normalized spacial score (nSPS) is 21.8. The van der Waals surface area contributed by atoms with E-state index in [1.807, 2.05) is 30.3 Å². The van der Waals surface area contributed by atoms with Crippen LogP contribution in [-0.2, 0) is 19.1 Å². The largest absolute Gasteiger partial charge is 0.463 e. The van der Waals surface area contributed by atoms with Gasteiger partial charge in [0.05, 0.1) is 12.0 Å². The van der Waals surface area contributed by atoms with Crippen molar-refractivity contribution in [3.8, 4) is 0 Å². The first-order chi connectivity index (χ1) is 11.4. The van der Waals surface area contributed by atoms with Crippen LogP contribution < -0.4 is 0 Å². The van der Waals surface area contributed by atoms with Crippen LogP contribution >= 0.6 is 0 Å². The Morgan fingerprint density at radius 3 is 2.46 bits per heavy atom. The van der Waals surface area contributed by atoms with Crippen molar-refractivity contribution >= 4 is 17.5 Å². The van der Waals surface area contributed by atoms with E-state index in [0.717, 1.165) is 18.4 Å². The minimum absolute atomic E-state index is 0.0967. The fraction of sp³-hybridized carbons (Fsp3) is 0.450. The van der Waals surface area contributed by atoms with Crippen LogP contribution in [0.2, 0.25) is 0 Å². The fourth-order valence-electron chi connectivity index (χ4n) is 3.70. The van der Waals surface area contributed by atoms with E-state index in [0.29, 0.717) is 12.8 Å². The number of hydrogen-bond donors (Lipinski definition) is 0. The van der Waals surface area contributed by atoms with Gasteiger partial charge in [-0.1, -0.05) is 43.3 Å². The molecule has 2 rings (SSSR count). The van der Waals surface area contributed by atoms with E-state index in [1.54, 1.807) is 6.92 Å². The number of benzene rings is 1. The highest BCUT2D eigenvalue weighted by Gasteiger charge is 2.52. The SMILES string of the molecule is C=C(C(=O)OCC)[C@@H](c1ccccc1)[C@]1(C(C)=O)CCCCC1=O. The lowest BCUT2D eigenvalue weighted by Gasteiger charge is -2.40. The van der Waals surface area contributed by atoms with Gasteiger partial charge < -0.3 is 4.74 Å². The Kier molecular flexibility index (Phi) is 5.71. The molecule has 1 saturated carbocycles. The summed E-state index contributed by atoms with van der Waals surface area (Å²) >= 11 is 0. The molecule has 1 aromatic carbocycles. The molecule has 0 spiro atoms. The Hall–Kier alpha value is -2.23. The van der Waals surface area contributed by atoms with Crippen LogP contribution in [-0.4, -0.2) is 24.1 Å². The zero-order valence-corrected chi connectivity index (χ0v) is 14.3. The maximum Gasteiger partial charge on any atom is 0.334 e. The number of carbonyl (C=O) groups is 3. The molecule has 0 saturated heterocycles. The molecule has 4 heteroatoms. The van der Waals surface area contributed by atoms with E-state index in [4.69, 9.17) is 4.74 Å². The summed E-state index contributed by atoms with van der Waals surface area (Å²) in [5, 5.41) is 0. The van der Waals surface area contributed by atoms with Crippen LogP contribution in [0, 0.1) is 5.41 Å². The summed E-state index contributed by atoms with van der Waals surface area (Å²) in [6, 6.07) is 9.20. The molecular formula is C20H24O4. The van der Waals surface area contributed by atoms with Gasteiger partial charge in [-0.15, -0.1) is 0 Å². The van der Waals surface area contributed by atoms with Crippen molar-refractivity contribution in [2.75, 3.05) is 6.61 Å². The maximum absolute atomic E-state index is 12.8. The van der Waals surface area contributed by atoms with Crippen molar-refractivity contribution < 1.29 is 19.1 Å². The van der Waals surface area contributed by atoms with Gasteiger partial charge >= 0.3 is 5.97 Å². The lowest BCUT2D eigenvalue weighted by molar-refractivity contribution is -0.144. The van der Waals surface area contributed by atoms with Crippen molar-refractivity contribution in [1.29, 1.82) is 0 Å². The molecule has 0 bridgehead atoms. The summed E-state index contributed by atoms with van der Waals surface area (Å²) in [4.78, 5) is 37.8. The first-order valence-corrected chi connectivity index (χ1v) is 8.40. The van der Waals surface area contributed by atoms with E-state index in [9.17, 15) is 14.4 Å². The molecule has 4 nitrogen and oxygen atoms in total. The first kappa shape index (κ1) is 18.1. The number of Topliss-reactive ketones (excluding diaryl/α,β-unsaturated/α-hetero) is 2. The zero-order valence-electron chi connectivity index (χ0n) is 14.3. The molecule has 1 fully saturated rings. The topological polar surface area (TPSA) is 60.4 Å². The van der Waals surface area contributed by atoms with Crippen LogP contribution in [0.25, 0.3) is 0 Å². The standard InChI is InChI=1S/C20H24O4/c1-4-24-19(23)14(2)18(16-10-6-5-7-11-16)20(15(3)21)13-9-8-12-17(20)22/h5-7,10-11,18H,2,4,8-9,12-13H2,1,3H3/t18-,20-/m0/s1. The summed E-state index contributed by atoms with van der Waals surface area (Å²) < 4.78 is 5.10. The molecule has 0 unspecified atom stereocenters. The smallest absolute Gasteiger partial charge is 0.334 e. The van der Waals surface area contributed by atoms with Crippen LogP contribution in [0.4, 0.5) is 0 Å². The molecule has 1 aromatic rings. The predicted molar refractivity (Wildman–Crippen MR) is 91.5 cm³/mol. The van der Waals surface area contributed by atoms with Gasteiger partial charge in [0.15, 0.2) is 0 Å². The lowest BCUT2D eigenvalue weighted by atomic mass is 9.59. The Balaban J connectivity index is 2.59. The Labute approximate surface area is 142 Å². The van der Waals surface area contributed by atoms with Gasteiger partial charge in [0, 0.05) is 17.9 Å². The molecular weight excluding hydrogens is 304 g/mol. The number of esters is 1. The van der Waals surface area contributed by atoms with Crippen LogP contribution in [0.15, 0.2) is 42.5 Å². The summed E-state index contributed by atoms with van der Waals surface area (Å²) in [6.07, 6.45) is 2.37. The lowest BCUT2D eigenvalue weighted by Crippen LogP contribution is -2.47. The van der Waals surface area contributed by atoms with Gasteiger partial charge in [0.2, 0.25) is 0 Å². The van der Waals surface area contributed by atoms with Crippen LogP contribution in [0.3, 0.4) is 0 Å². The Morgan fingerprint density at radius 2 is 1.92 bits per heavy atom. The maximum atomic E-state index is 12.8. The van der Waals surface area contributed by atoms with Crippen LogP contribution in [0.5, 0.6) is 0 Å². The third-order valence-electron chi connectivity index (χ3n) is 4.86. The van der Waals surface area contributed by atoms with Crippen molar-refractivity contribution in [2.24, 2.45) is 5.41 Å². The second-order valence-electron chi connectivity index (χ2n) is 6.25. The second-order valence-corrected chi connectivity index (χ2v) is 6.25. The zero-order chi connectivity index (χ0) is 17.7. The van der Waals surface area contributed by atoms with Gasteiger partial charge in [-0.2, -0.15) is 0 Å². The van der Waals surface area contributed by atoms with E-state index >= 15 is 0 Å². The molecule has 0 aliphatic heterocycles. The average Bonchev–Trinajstić information content (AvgIpc) is 2.57. The first-order valence-electron chi connectivity index (χ1n) is 8.40. The van der Waals surface area contributed by atoms with Gasteiger partial charge in [-0.3, -0.25) is 9.59 Å². The third kappa shape index (κ3) is 3.18. The van der Waals surface area contributed by atoms with Crippen molar-refractivity contribution in [3.63, 3.8) is 0 Å². The highest BCUT2D eigenvalue weighted by atomic mass is 16.5. The predicted octanol–water partition coefficient (Wildman–Crippen LogP) is 3.61. The third-order valence-corrected chi connectivity index (χ3v) is 4.86. The van der Waals surface area contributed by atoms with E-state index < -0.39 is 17.3 Å². The van der Waals surface area contributed by atoms with Crippen molar-refractivity contribution in [2.45, 2.75) is 45.4 Å². The monoisotopic (exact) mass is 328 g/mol. The molecule has 1 aliphatic rings. The summed E-state index contributed by atoms with van der Waals surface area (Å²) in [6.45, 7) is 7.29. The Bertz CT molecular complexity index is 647. The second kappa shape index (κ2) is 7.56. The summed E-state index contributed by atoms with van der Waals surface area (Å²) in [5.74, 6) is -1.53. The van der Waals surface area contributed by atoms with E-state index in [2.05, 4.69) is 6.58 Å². The minimum atomic E-state index is -1.22. The molecule has 0 amide bonds. The van der Waals surface area contributed by atoms with Gasteiger partial charge in [0.1, 0.15) is 11.6 Å². The summed E-state index contributed by atoms with van der Waals surface area (Å²) in [7, 11) is 0. The highest BCUT2D eigenvalue weighted by Crippen LogP contribution is 2.49. The van der Waals surface area contributed by atoms with Crippen molar-refractivity contribution in [3.05, 3.63) is 48.0 Å². The van der Waals surface area contributed by atoms with Crippen molar-refractivity contribution in [1.82, 2.24) is 0 Å². The number of rotatable bonds is 6. The molecule has 0 N–H and O–H groups in total. The van der Waals surface area contributed by atoms with Crippen LogP contribution in [0.1, 0.15) is 51.0 Å². The number of ketones is 2. The molecule has 1 aliphatic carbocycles. The number of carbonyl (C=O) groups excluding carboxylic acids is 3. The minimum Gasteiger partial charge on any atom is -0.463 e. The molecule has 0 radical (unpaired) electrons. The average molecular weight is 328 g/mol. The van der Waals surface area contributed by atoms with E-state index in [1.165, 1.54) is 6.92 Å². The van der Waals surface area contributed by atoms with Gasteiger partial charge in [0.25, 0.3) is 0 Å². The van der Waals surface area contributed by atoms with Gasteiger partial charge in [-0.25, -0.2) is 4.79 Å². The fourth-order valence-corrected chi connectivity index (χ4v) is 3.70. The molecule has 128 valence electrons. The quantitative estimate of drug-likeness (QED) is 0.455. The highest BCUT2D eigenvalue weighted by molar-refractivity contribution is 6.09. The summed E-state index contributed by atoms with van der Waals surface area (Å²) in [5.41, 5.74) is -0.293. The number of ether oxygens (including phenoxy) is 1. The van der Waals surface area contributed by atoms with Gasteiger partial charge in [-0.05, 0) is 32.3 Å². The molecule has 0 heterocycles. The molecule has 24 heavy (non-hydrogen) atoms. The Morgan fingerprint density at radius 1 is 1.25 bits per heavy atom. The number of hydrogen-bond acceptors (Lipinski definition) is 4. The molecule has 2 atom stereocenters.